The van der Waals surface area contributed by atoms with Gasteiger partial charge in [0.1, 0.15) is 18.1 Å². The number of carbonyl (C=O) groups is 5. The molecule has 5 atom stereocenters. The molecule has 8 N–H and O–H groups in total. The highest BCUT2D eigenvalue weighted by molar-refractivity contribution is 5.96. The zero-order valence-corrected chi connectivity index (χ0v) is 20.6. The molecule has 0 aromatic heterocycles. The van der Waals surface area contributed by atoms with Crippen molar-refractivity contribution in [1.82, 2.24) is 16.0 Å². The van der Waals surface area contributed by atoms with E-state index in [0.29, 0.717) is 12.0 Å². The molecule has 1 aromatic rings. The van der Waals surface area contributed by atoms with E-state index in [1.165, 1.54) is 0 Å². The number of primary amides is 1. The number of carboxylic acid groups (broad SMARTS) is 1. The average Bonchev–Trinajstić information content (AvgIpc) is 2.80. The van der Waals surface area contributed by atoms with Crippen LogP contribution in [0.5, 0.6) is 0 Å². The predicted molar refractivity (Wildman–Crippen MR) is 130 cm³/mol. The smallest absolute Gasteiger partial charge is 0.326 e. The predicted octanol–water partition coefficient (Wildman–Crippen LogP) is -0.327. The highest BCUT2D eigenvalue weighted by Crippen LogP contribution is 2.09. The molecule has 35 heavy (non-hydrogen) atoms. The van der Waals surface area contributed by atoms with Crippen LogP contribution in [0.15, 0.2) is 30.3 Å². The van der Waals surface area contributed by atoms with E-state index in [9.17, 15) is 29.1 Å². The van der Waals surface area contributed by atoms with Crippen molar-refractivity contribution < 1.29 is 29.1 Å². The number of benzene rings is 1. The Bertz CT molecular complexity index is 892. The third-order valence-corrected chi connectivity index (χ3v) is 5.74. The third kappa shape index (κ3) is 9.73. The lowest BCUT2D eigenvalue weighted by atomic mass is 9.98. The van der Waals surface area contributed by atoms with Gasteiger partial charge in [0.15, 0.2) is 0 Å². The number of nitrogens with two attached hydrogens (primary N) is 2. The van der Waals surface area contributed by atoms with Crippen molar-refractivity contribution in [2.75, 3.05) is 0 Å². The molecule has 0 fully saturated rings. The van der Waals surface area contributed by atoms with E-state index in [1.807, 2.05) is 6.92 Å². The molecule has 0 aliphatic carbocycles. The molecule has 0 heterocycles. The fourth-order valence-corrected chi connectivity index (χ4v) is 3.29. The molecule has 0 saturated heterocycles. The SMILES string of the molecule is CCC(C)C(N)C(=O)NC(CC(N)=O)C(=O)NC(C(=O)NC(Cc1ccccc1)C(=O)O)C(C)C. The second-order valence-corrected chi connectivity index (χ2v) is 8.96. The number of rotatable bonds is 14. The molecule has 1 rings (SSSR count). The Morgan fingerprint density at radius 1 is 0.886 bits per heavy atom. The summed E-state index contributed by atoms with van der Waals surface area (Å²) in [6.45, 7) is 6.97. The minimum Gasteiger partial charge on any atom is -0.480 e. The van der Waals surface area contributed by atoms with E-state index in [2.05, 4.69) is 16.0 Å². The van der Waals surface area contributed by atoms with Crippen LogP contribution in [0, 0.1) is 11.8 Å². The molecule has 0 aliphatic heterocycles. The minimum absolute atomic E-state index is 0.0501. The number of hydrogen-bond donors (Lipinski definition) is 6. The Balaban J connectivity index is 2.98. The van der Waals surface area contributed by atoms with E-state index >= 15 is 0 Å². The van der Waals surface area contributed by atoms with Gasteiger partial charge in [0.25, 0.3) is 0 Å². The molecule has 4 amide bonds. The highest BCUT2D eigenvalue weighted by Gasteiger charge is 2.33. The van der Waals surface area contributed by atoms with Crippen LogP contribution in [0.3, 0.4) is 0 Å². The summed E-state index contributed by atoms with van der Waals surface area (Å²) in [6, 6.07) is 4.19. The zero-order valence-electron chi connectivity index (χ0n) is 20.6. The van der Waals surface area contributed by atoms with Crippen molar-refractivity contribution in [3.63, 3.8) is 0 Å². The van der Waals surface area contributed by atoms with Crippen molar-refractivity contribution in [3.8, 4) is 0 Å². The molecular weight excluding hydrogens is 454 g/mol. The van der Waals surface area contributed by atoms with E-state index in [1.54, 1.807) is 51.1 Å². The monoisotopic (exact) mass is 491 g/mol. The summed E-state index contributed by atoms with van der Waals surface area (Å²) in [5.74, 6) is -4.80. The van der Waals surface area contributed by atoms with Gasteiger partial charge in [-0.2, -0.15) is 0 Å². The van der Waals surface area contributed by atoms with Crippen molar-refractivity contribution in [3.05, 3.63) is 35.9 Å². The molecule has 11 nitrogen and oxygen atoms in total. The molecule has 0 saturated carbocycles. The van der Waals surface area contributed by atoms with E-state index in [0.717, 1.165) is 0 Å². The van der Waals surface area contributed by atoms with Gasteiger partial charge in [-0.3, -0.25) is 19.2 Å². The first-order chi connectivity index (χ1) is 16.4. The first-order valence-corrected chi connectivity index (χ1v) is 11.6. The Kier molecular flexibility index (Phi) is 11.9. The first kappa shape index (κ1) is 29.6. The Labute approximate surface area is 205 Å². The van der Waals surface area contributed by atoms with Gasteiger partial charge in [0, 0.05) is 6.42 Å². The number of carboxylic acids is 1. The maximum Gasteiger partial charge on any atom is 0.326 e. The second kappa shape index (κ2) is 14.1. The summed E-state index contributed by atoms with van der Waals surface area (Å²) in [6.07, 6.45) is 0.183. The van der Waals surface area contributed by atoms with Gasteiger partial charge < -0.3 is 32.5 Å². The molecule has 5 unspecified atom stereocenters. The Morgan fingerprint density at radius 2 is 1.46 bits per heavy atom. The maximum absolute atomic E-state index is 12.9. The number of carbonyl (C=O) groups excluding carboxylic acids is 4. The first-order valence-electron chi connectivity index (χ1n) is 11.6. The maximum atomic E-state index is 12.9. The van der Waals surface area contributed by atoms with Gasteiger partial charge in [-0.15, -0.1) is 0 Å². The van der Waals surface area contributed by atoms with Crippen LogP contribution >= 0.6 is 0 Å². The van der Waals surface area contributed by atoms with Crippen molar-refractivity contribution >= 4 is 29.6 Å². The van der Waals surface area contributed by atoms with Crippen LogP contribution < -0.4 is 27.4 Å². The second-order valence-electron chi connectivity index (χ2n) is 8.96. The van der Waals surface area contributed by atoms with Crippen LogP contribution in [0.4, 0.5) is 0 Å². The summed E-state index contributed by atoms with van der Waals surface area (Å²) in [5, 5.41) is 17.0. The summed E-state index contributed by atoms with van der Waals surface area (Å²) >= 11 is 0. The Hall–Kier alpha value is -3.47. The van der Waals surface area contributed by atoms with Crippen LogP contribution in [0.2, 0.25) is 0 Å². The van der Waals surface area contributed by atoms with Gasteiger partial charge in [-0.1, -0.05) is 64.4 Å². The number of aliphatic carboxylic acids is 1. The summed E-state index contributed by atoms with van der Waals surface area (Å²) in [4.78, 5) is 61.6. The lowest BCUT2D eigenvalue weighted by Gasteiger charge is -2.27. The fourth-order valence-electron chi connectivity index (χ4n) is 3.29. The third-order valence-electron chi connectivity index (χ3n) is 5.74. The van der Waals surface area contributed by atoms with Gasteiger partial charge in [-0.25, -0.2) is 4.79 Å². The van der Waals surface area contributed by atoms with E-state index in [4.69, 9.17) is 11.5 Å². The van der Waals surface area contributed by atoms with Crippen molar-refractivity contribution in [2.24, 2.45) is 23.3 Å². The van der Waals surface area contributed by atoms with E-state index < -0.39 is 66.1 Å². The van der Waals surface area contributed by atoms with Gasteiger partial charge in [-0.05, 0) is 17.4 Å². The number of hydrogen-bond acceptors (Lipinski definition) is 6. The molecule has 0 aliphatic rings. The molecular formula is C24H37N5O6. The summed E-state index contributed by atoms with van der Waals surface area (Å²) in [5.41, 5.74) is 11.9. The summed E-state index contributed by atoms with van der Waals surface area (Å²) in [7, 11) is 0. The molecule has 194 valence electrons. The lowest BCUT2D eigenvalue weighted by molar-refractivity contribution is -0.142. The van der Waals surface area contributed by atoms with Crippen molar-refractivity contribution in [1.29, 1.82) is 0 Å². The molecule has 0 bridgehead atoms. The fraction of sp³-hybridized carbons (Fsp3) is 0.542. The largest absolute Gasteiger partial charge is 0.480 e. The summed E-state index contributed by atoms with van der Waals surface area (Å²) < 4.78 is 0. The van der Waals surface area contributed by atoms with Gasteiger partial charge in [0.2, 0.25) is 23.6 Å². The molecule has 0 radical (unpaired) electrons. The number of nitrogens with one attached hydrogen (secondary N) is 3. The molecule has 11 heteroatoms. The van der Waals surface area contributed by atoms with Gasteiger partial charge >= 0.3 is 5.97 Å². The molecule has 1 aromatic carbocycles. The van der Waals surface area contributed by atoms with Crippen LogP contribution in [0.25, 0.3) is 0 Å². The minimum atomic E-state index is -1.34. The molecule has 0 spiro atoms. The quantitative estimate of drug-likeness (QED) is 0.205. The highest BCUT2D eigenvalue weighted by atomic mass is 16.4. The zero-order chi connectivity index (χ0) is 26.7. The van der Waals surface area contributed by atoms with E-state index in [-0.39, 0.29) is 12.3 Å². The van der Waals surface area contributed by atoms with Gasteiger partial charge in [0.05, 0.1) is 12.5 Å². The standard InChI is InChI=1S/C24H37N5O6/c1-5-14(4)19(26)22(32)27-16(12-18(25)30)21(31)29-20(13(2)3)23(33)28-17(24(34)35)11-15-9-7-6-8-10-15/h6-10,13-14,16-17,19-20H,5,11-12,26H2,1-4H3,(H2,25,30)(H,27,32)(H,28,33)(H,29,31)(H,34,35). The number of amides is 4. The van der Waals surface area contributed by atoms with Crippen LogP contribution in [-0.4, -0.2) is 58.9 Å². The normalized spacial score (nSPS) is 15.3. The Morgan fingerprint density at radius 3 is 1.94 bits per heavy atom. The topological polar surface area (TPSA) is 194 Å². The van der Waals surface area contributed by atoms with Crippen molar-refractivity contribution in [2.45, 2.75) is 71.1 Å². The lowest BCUT2D eigenvalue weighted by Crippen LogP contribution is -2.59. The van der Waals surface area contributed by atoms with Crippen LogP contribution in [0.1, 0.15) is 46.1 Å². The van der Waals surface area contributed by atoms with Crippen LogP contribution in [-0.2, 0) is 30.4 Å². The average molecular weight is 492 g/mol.